The first-order chi connectivity index (χ1) is 8.84. The molecule has 0 heterocycles. The topological polar surface area (TPSA) is 38.4 Å². The van der Waals surface area contributed by atoms with Gasteiger partial charge in [0, 0.05) is 0 Å². The molecule has 0 unspecified atom stereocenters. The second-order valence-corrected chi connectivity index (χ2v) is 3.87. The zero-order valence-electron chi connectivity index (χ0n) is 9.99. The molecule has 0 amide bonds. The molecule has 0 aliphatic rings. The minimum atomic E-state index is -0.898. The maximum absolute atomic E-state index is 11.6. The molecule has 0 spiro atoms. The molecule has 0 bridgehead atoms. The number of hydrogen-bond acceptors (Lipinski definition) is 2. The Hall–Kier alpha value is -2.00. The smallest absolute Gasteiger partial charge is 0.161 e. The molecule has 0 aliphatic carbocycles. The van der Waals surface area contributed by atoms with Gasteiger partial charge in [-0.2, -0.15) is 0 Å². The summed E-state index contributed by atoms with van der Waals surface area (Å²) in [6.07, 6.45) is -0.898. The number of ether oxygens (including phenoxy) is 2. The molecule has 1 radical (unpaired) electrons. The Kier molecular flexibility index (Phi) is 4.61. The van der Waals surface area contributed by atoms with Gasteiger partial charge in [0.05, 0.1) is 0 Å². The third kappa shape index (κ3) is 4.11. The third-order valence-corrected chi connectivity index (χ3v) is 2.36. The van der Waals surface area contributed by atoms with Gasteiger partial charge >= 0.3 is 0 Å². The van der Waals surface area contributed by atoms with Crippen molar-refractivity contribution < 1.29 is 14.6 Å². The molecule has 2 rings (SSSR count). The first-order valence-corrected chi connectivity index (χ1v) is 5.86. The highest BCUT2D eigenvalue weighted by molar-refractivity contribution is 5.21. The number of benzene rings is 2. The summed E-state index contributed by atoms with van der Waals surface area (Å²) in [5.41, 5.74) is 0. The van der Waals surface area contributed by atoms with Gasteiger partial charge in [-0.15, -0.1) is 0 Å². The largest absolute Gasteiger partial charge is 0.491 e. The summed E-state index contributed by atoms with van der Waals surface area (Å²) in [6, 6.07) is 18.6. The van der Waals surface area contributed by atoms with Gasteiger partial charge < -0.3 is 9.47 Å². The predicted molar refractivity (Wildman–Crippen MR) is 68.3 cm³/mol. The van der Waals surface area contributed by atoms with Gasteiger partial charge in [-0.25, -0.2) is 5.11 Å². The van der Waals surface area contributed by atoms with E-state index in [0.717, 1.165) is 0 Å². The highest BCUT2D eigenvalue weighted by Crippen LogP contribution is 2.10. The number of hydrogen-bond donors (Lipinski definition) is 0. The van der Waals surface area contributed by atoms with E-state index >= 15 is 0 Å². The van der Waals surface area contributed by atoms with Gasteiger partial charge in [0.1, 0.15) is 24.7 Å². The van der Waals surface area contributed by atoms with Crippen molar-refractivity contribution in [1.29, 1.82) is 0 Å². The van der Waals surface area contributed by atoms with Gasteiger partial charge in [0.15, 0.2) is 6.10 Å². The molecule has 0 fully saturated rings. The average molecular weight is 243 g/mol. The molecular weight excluding hydrogens is 228 g/mol. The lowest BCUT2D eigenvalue weighted by atomic mass is 10.3. The number of rotatable bonds is 6. The molecule has 0 saturated heterocycles. The van der Waals surface area contributed by atoms with Crippen LogP contribution in [0.25, 0.3) is 0 Å². The second-order valence-electron chi connectivity index (χ2n) is 3.87. The Morgan fingerprint density at radius 3 is 1.50 bits per heavy atom. The molecule has 93 valence electrons. The van der Waals surface area contributed by atoms with Gasteiger partial charge in [-0.1, -0.05) is 36.4 Å². The summed E-state index contributed by atoms with van der Waals surface area (Å²) < 4.78 is 10.7. The van der Waals surface area contributed by atoms with E-state index in [0.29, 0.717) is 11.5 Å². The maximum Gasteiger partial charge on any atom is 0.161 e. The van der Waals surface area contributed by atoms with E-state index in [2.05, 4.69) is 0 Å². The van der Waals surface area contributed by atoms with E-state index in [1.54, 1.807) is 0 Å². The molecule has 0 saturated carbocycles. The Balaban J connectivity index is 1.71. The molecule has 0 aromatic heterocycles. The van der Waals surface area contributed by atoms with Crippen molar-refractivity contribution in [2.45, 2.75) is 6.10 Å². The van der Waals surface area contributed by atoms with Gasteiger partial charge in [-0.3, -0.25) is 0 Å². The van der Waals surface area contributed by atoms with Crippen LogP contribution in [-0.2, 0) is 5.11 Å². The standard InChI is InChI=1S/C15H15O3/c16-13(11-17-14-7-3-1-4-8-14)12-18-15-9-5-2-6-10-15/h1-10,13H,11-12H2. The van der Waals surface area contributed by atoms with E-state index in [1.165, 1.54) is 0 Å². The summed E-state index contributed by atoms with van der Waals surface area (Å²) in [7, 11) is 0. The van der Waals surface area contributed by atoms with Crippen LogP contribution in [0, 0.1) is 0 Å². The molecular formula is C15H15O3. The van der Waals surface area contributed by atoms with Crippen LogP contribution >= 0.6 is 0 Å². The van der Waals surface area contributed by atoms with Gasteiger partial charge in [-0.05, 0) is 24.3 Å². The van der Waals surface area contributed by atoms with E-state index in [4.69, 9.17) is 9.47 Å². The van der Waals surface area contributed by atoms with Crippen molar-refractivity contribution in [3.8, 4) is 11.5 Å². The molecule has 3 nitrogen and oxygen atoms in total. The van der Waals surface area contributed by atoms with Crippen LogP contribution in [0.1, 0.15) is 0 Å². The Bertz CT molecular complexity index is 398. The molecule has 3 heteroatoms. The van der Waals surface area contributed by atoms with Crippen molar-refractivity contribution in [2.24, 2.45) is 0 Å². The Labute approximate surface area is 107 Å². The van der Waals surface area contributed by atoms with Crippen molar-refractivity contribution in [1.82, 2.24) is 0 Å². The maximum atomic E-state index is 11.6. The SMILES string of the molecule is [O]C(COc1ccccc1)COc1ccccc1. The fraction of sp³-hybridized carbons (Fsp3) is 0.200. The zero-order valence-corrected chi connectivity index (χ0v) is 9.99. The second kappa shape index (κ2) is 6.67. The lowest BCUT2D eigenvalue weighted by molar-refractivity contribution is 0.0100. The highest BCUT2D eigenvalue weighted by atomic mass is 16.5. The van der Waals surface area contributed by atoms with Crippen molar-refractivity contribution in [2.75, 3.05) is 13.2 Å². The van der Waals surface area contributed by atoms with Gasteiger partial charge in [0.2, 0.25) is 0 Å². The van der Waals surface area contributed by atoms with Crippen LogP contribution in [-0.4, -0.2) is 19.3 Å². The minimum Gasteiger partial charge on any atom is -0.491 e. The first-order valence-electron chi connectivity index (χ1n) is 5.86. The van der Waals surface area contributed by atoms with Crippen LogP contribution < -0.4 is 9.47 Å². The van der Waals surface area contributed by atoms with Gasteiger partial charge in [0.25, 0.3) is 0 Å². The van der Waals surface area contributed by atoms with E-state index in [1.807, 2.05) is 60.7 Å². The lowest BCUT2D eigenvalue weighted by Gasteiger charge is -2.11. The highest BCUT2D eigenvalue weighted by Gasteiger charge is 2.08. The fourth-order valence-electron chi connectivity index (χ4n) is 1.46. The summed E-state index contributed by atoms with van der Waals surface area (Å²) >= 11 is 0. The van der Waals surface area contributed by atoms with Crippen LogP contribution in [0.15, 0.2) is 60.7 Å². The predicted octanol–water partition coefficient (Wildman–Crippen LogP) is 2.94. The molecule has 0 atom stereocenters. The van der Waals surface area contributed by atoms with Crippen LogP contribution in [0.2, 0.25) is 0 Å². The van der Waals surface area contributed by atoms with E-state index < -0.39 is 6.10 Å². The third-order valence-electron chi connectivity index (χ3n) is 2.36. The normalized spacial score (nSPS) is 10.3. The monoisotopic (exact) mass is 243 g/mol. The van der Waals surface area contributed by atoms with Crippen molar-refractivity contribution >= 4 is 0 Å². The molecule has 2 aromatic carbocycles. The van der Waals surface area contributed by atoms with E-state index in [-0.39, 0.29) is 13.2 Å². The Morgan fingerprint density at radius 1 is 0.722 bits per heavy atom. The van der Waals surface area contributed by atoms with Crippen molar-refractivity contribution in [3.05, 3.63) is 60.7 Å². The fourth-order valence-corrected chi connectivity index (χ4v) is 1.46. The first kappa shape index (κ1) is 12.5. The quantitative estimate of drug-likeness (QED) is 0.782. The van der Waals surface area contributed by atoms with Crippen LogP contribution in [0.5, 0.6) is 11.5 Å². The summed E-state index contributed by atoms with van der Waals surface area (Å²) in [4.78, 5) is 0. The number of para-hydroxylation sites is 2. The molecule has 0 N–H and O–H groups in total. The summed E-state index contributed by atoms with van der Waals surface area (Å²) in [6.45, 7) is 0.216. The molecule has 0 aliphatic heterocycles. The van der Waals surface area contributed by atoms with Crippen LogP contribution in [0.4, 0.5) is 0 Å². The minimum absolute atomic E-state index is 0.108. The summed E-state index contributed by atoms with van der Waals surface area (Å²) in [5, 5.41) is 11.6. The average Bonchev–Trinajstić information content (AvgIpc) is 2.45. The van der Waals surface area contributed by atoms with Crippen LogP contribution in [0.3, 0.4) is 0 Å². The van der Waals surface area contributed by atoms with E-state index in [9.17, 15) is 5.11 Å². The molecule has 18 heavy (non-hydrogen) atoms. The van der Waals surface area contributed by atoms with Crippen molar-refractivity contribution in [3.63, 3.8) is 0 Å². The molecule has 2 aromatic rings. The Morgan fingerprint density at radius 2 is 1.11 bits per heavy atom. The zero-order chi connectivity index (χ0) is 12.6. The summed E-state index contributed by atoms with van der Waals surface area (Å²) in [5.74, 6) is 1.41. The lowest BCUT2D eigenvalue weighted by Crippen LogP contribution is -2.23.